The van der Waals surface area contributed by atoms with Crippen molar-refractivity contribution in [3.63, 3.8) is 0 Å². The minimum atomic E-state index is -1.39. The quantitative estimate of drug-likeness (QED) is 0.708. The minimum absolute atomic E-state index is 0.0259. The topological polar surface area (TPSA) is 63.4 Å². The van der Waals surface area contributed by atoms with Crippen molar-refractivity contribution in [3.05, 3.63) is 36.6 Å². The molecule has 1 heterocycles. The van der Waals surface area contributed by atoms with E-state index in [0.717, 1.165) is 18.9 Å². The van der Waals surface area contributed by atoms with Crippen molar-refractivity contribution in [2.24, 2.45) is 0 Å². The molecule has 0 fully saturated rings. The summed E-state index contributed by atoms with van der Waals surface area (Å²) in [6, 6.07) is 7.94. The number of unbranched alkanes of at least 4 members (excludes halogenated alkanes) is 1. The smallest absolute Gasteiger partial charge is 0.316 e. The molecule has 0 spiro atoms. The van der Waals surface area contributed by atoms with Crippen molar-refractivity contribution >= 4 is 31.0 Å². The van der Waals surface area contributed by atoms with Crippen LogP contribution in [0.5, 0.6) is 0 Å². The monoisotopic (exact) mass is 345 g/mol. The summed E-state index contributed by atoms with van der Waals surface area (Å²) in [7, 11) is -1.39. The van der Waals surface area contributed by atoms with Crippen molar-refractivity contribution in [1.82, 2.24) is 9.88 Å². The van der Waals surface area contributed by atoms with E-state index in [4.69, 9.17) is 4.42 Å². The summed E-state index contributed by atoms with van der Waals surface area (Å²) in [4.78, 5) is 30.7. The predicted octanol–water partition coefficient (Wildman–Crippen LogP) is 4.14. The maximum Gasteiger partial charge on any atom is 0.316 e. The van der Waals surface area contributed by atoms with Crippen LogP contribution in [0.2, 0.25) is 25.7 Å². The molecule has 1 radical (unpaired) electrons. The molecule has 1 aromatic carbocycles. The molecule has 0 aliphatic rings. The van der Waals surface area contributed by atoms with E-state index in [2.05, 4.69) is 24.6 Å². The van der Waals surface area contributed by atoms with Crippen LogP contribution in [0, 0.1) is 6.42 Å². The van der Waals surface area contributed by atoms with Gasteiger partial charge in [-0.1, -0.05) is 45.1 Å². The first kappa shape index (κ1) is 18.4. The van der Waals surface area contributed by atoms with E-state index in [1.807, 2.05) is 19.1 Å². The number of para-hydroxylation sites is 2. The minimum Gasteiger partial charge on any atom is -0.432 e. The molecule has 0 saturated heterocycles. The van der Waals surface area contributed by atoms with Gasteiger partial charge in [0.1, 0.15) is 5.52 Å². The molecule has 6 heteroatoms. The molecule has 2 rings (SSSR count). The summed E-state index contributed by atoms with van der Waals surface area (Å²) in [5, 5.41) is 0. The van der Waals surface area contributed by atoms with Gasteiger partial charge >= 0.3 is 5.91 Å². The Kier molecular flexibility index (Phi) is 5.93. The van der Waals surface area contributed by atoms with Crippen LogP contribution < -0.4 is 0 Å². The molecule has 0 N–H and O–H groups in total. The van der Waals surface area contributed by atoms with E-state index in [9.17, 15) is 9.59 Å². The van der Waals surface area contributed by atoms with Crippen LogP contribution in [0.15, 0.2) is 28.7 Å². The Morgan fingerprint density at radius 3 is 2.58 bits per heavy atom. The van der Waals surface area contributed by atoms with Crippen molar-refractivity contribution in [3.8, 4) is 0 Å². The van der Waals surface area contributed by atoms with E-state index >= 15 is 0 Å². The first-order valence-corrected chi connectivity index (χ1v) is 12.1. The van der Waals surface area contributed by atoms with Crippen LogP contribution in [0.1, 0.15) is 30.5 Å². The average molecular weight is 345 g/mol. The van der Waals surface area contributed by atoms with Crippen LogP contribution >= 0.6 is 0 Å². The van der Waals surface area contributed by atoms with E-state index in [1.165, 1.54) is 4.90 Å². The fourth-order valence-corrected chi connectivity index (χ4v) is 3.00. The van der Waals surface area contributed by atoms with E-state index < -0.39 is 14.0 Å². The van der Waals surface area contributed by atoms with Gasteiger partial charge < -0.3 is 4.42 Å². The molecule has 2 aromatic rings. The summed E-state index contributed by atoms with van der Waals surface area (Å²) >= 11 is 0. The summed E-state index contributed by atoms with van der Waals surface area (Å²) in [6.45, 7) is 8.98. The highest BCUT2D eigenvalue weighted by atomic mass is 28.3. The highest BCUT2D eigenvalue weighted by molar-refractivity contribution is 6.76. The number of nitrogens with zero attached hydrogens (tertiary/aromatic N) is 2. The van der Waals surface area contributed by atoms with Gasteiger partial charge in [-0.2, -0.15) is 0 Å². The molecule has 0 saturated carbocycles. The summed E-state index contributed by atoms with van der Waals surface area (Å²) in [5.41, 5.74) is 1.17. The number of aromatic nitrogens is 1. The standard InChI is InChI=1S/C18H25N2O3Si/c1-5-6-12-20(16(21)11-13-24(2,3)4)18(22)17-19-14-9-7-8-10-15(14)23-17/h7-11H,5-6,12-13H2,1-4H3. The van der Waals surface area contributed by atoms with Gasteiger partial charge in [-0.05, 0) is 24.6 Å². The maximum atomic E-state index is 12.7. The van der Waals surface area contributed by atoms with E-state index in [-0.39, 0.29) is 11.8 Å². The van der Waals surface area contributed by atoms with Crippen molar-refractivity contribution < 1.29 is 14.0 Å². The lowest BCUT2D eigenvalue weighted by Crippen LogP contribution is -2.39. The zero-order valence-electron chi connectivity index (χ0n) is 14.8. The number of imide groups is 1. The fourth-order valence-electron chi connectivity index (χ4n) is 2.21. The Bertz CT molecular complexity index is 685. The Morgan fingerprint density at radius 2 is 1.96 bits per heavy atom. The van der Waals surface area contributed by atoms with Gasteiger partial charge in [0.25, 0.3) is 5.89 Å². The van der Waals surface area contributed by atoms with Gasteiger partial charge in [-0.25, -0.2) is 4.98 Å². The molecule has 24 heavy (non-hydrogen) atoms. The molecule has 2 amide bonds. The molecular formula is C18H25N2O3Si. The van der Waals surface area contributed by atoms with Crippen LogP contribution in [0.4, 0.5) is 0 Å². The average Bonchev–Trinajstić information content (AvgIpc) is 2.96. The van der Waals surface area contributed by atoms with E-state index in [1.54, 1.807) is 18.6 Å². The second-order valence-electron chi connectivity index (χ2n) is 7.10. The number of oxazole rings is 1. The maximum absolute atomic E-state index is 12.7. The third-order valence-corrected chi connectivity index (χ3v) is 5.04. The first-order chi connectivity index (χ1) is 11.3. The van der Waals surface area contributed by atoms with Gasteiger partial charge in [0.05, 0.1) is 0 Å². The summed E-state index contributed by atoms with van der Waals surface area (Å²) in [5.74, 6) is -0.739. The number of benzene rings is 1. The number of carbonyl (C=O) groups is 2. The third-order valence-electron chi connectivity index (χ3n) is 3.61. The van der Waals surface area contributed by atoms with Crippen LogP contribution in [0.25, 0.3) is 11.1 Å². The molecule has 0 atom stereocenters. The highest BCUT2D eigenvalue weighted by Crippen LogP contribution is 2.18. The number of hydrogen-bond donors (Lipinski definition) is 0. The molecule has 0 unspecified atom stereocenters. The highest BCUT2D eigenvalue weighted by Gasteiger charge is 2.28. The second-order valence-corrected chi connectivity index (χ2v) is 12.6. The molecule has 0 aliphatic heterocycles. The number of hydrogen-bond acceptors (Lipinski definition) is 4. The normalized spacial score (nSPS) is 11.7. The zero-order chi connectivity index (χ0) is 17.7. The third kappa shape index (κ3) is 4.77. The largest absolute Gasteiger partial charge is 0.432 e. The van der Waals surface area contributed by atoms with Crippen LogP contribution in [-0.4, -0.2) is 36.3 Å². The first-order valence-electron chi connectivity index (χ1n) is 8.36. The molecule has 0 aliphatic carbocycles. The van der Waals surface area contributed by atoms with Gasteiger partial charge in [0.15, 0.2) is 5.58 Å². The van der Waals surface area contributed by atoms with Crippen LogP contribution in [0.3, 0.4) is 0 Å². The molecule has 129 valence electrons. The predicted molar refractivity (Wildman–Crippen MR) is 97.4 cm³/mol. The lowest BCUT2D eigenvalue weighted by Gasteiger charge is -2.21. The van der Waals surface area contributed by atoms with Crippen molar-refractivity contribution in [1.29, 1.82) is 0 Å². The molecule has 0 bridgehead atoms. The number of rotatable bonds is 7. The second kappa shape index (κ2) is 7.74. The van der Waals surface area contributed by atoms with Crippen LogP contribution in [-0.2, 0) is 4.79 Å². The van der Waals surface area contributed by atoms with Crippen molar-refractivity contribution in [2.45, 2.75) is 45.5 Å². The molecule has 1 aromatic heterocycles. The number of amides is 2. The molecular weight excluding hydrogens is 320 g/mol. The zero-order valence-corrected chi connectivity index (χ0v) is 15.8. The summed E-state index contributed by atoms with van der Waals surface area (Å²) in [6.07, 6.45) is 3.31. The Labute approximate surface area is 144 Å². The number of fused-ring (bicyclic) bond motifs is 1. The lowest BCUT2D eigenvalue weighted by atomic mass is 10.3. The SMILES string of the molecule is CCCCN(C(=O)[CH]C[Si](C)(C)C)C(=O)c1nc2ccccc2o1. The molecule has 5 nitrogen and oxygen atoms in total. The Morgan fingerprint density at radius 1 is 1.25 bits per heavy atom. The fraction of sp³-hybridized carbons (Fsp3) is 0.444. The van der Waals surface area contributed by atoms with Gasteiger partial charge in [-0.3, -0.25) is 14.5 Å². The Hall–Kier alpha value is -1.95. The van der Waals surface area contributed by atoms with E-state index in [0.29, 0.717) is 17.6 Å². The van der Waals surface area contributed by atoms with Crippen molar-refractivity contribution in [2.75, 3.05) is 6.54 Å². The van der Waals surface area contributed by atoms with Gasteiger partial charge in [0, 0.05) is 21.0 Å². The summed E-state index contributed by atoms with van der Waals surface area (Å²) < 4.78 is 5.53. The van der Waals surface area contributed by atoms with Gasteiger partial charge in [-0.15, -0.1) is 0 Å². The lowest BCUT2D eigenvalue weighted by molar-refractivity contribution is -0.125. The Balaban J connectivity index is 2.19. The number of carbonyl (C=O) groups excluding carboxylic acids is 2. The van der Waals surface area contributed by atoms with Gasteiger partial charge in [0.2, 0.25) is 5.91 Å².